The van der Waals surface area contributed by atoms with E-state index in [-0.39, 0.29) is 6.54 Å². The molecule has 0 spiro atoms. The summed E-state index contributed by atoms with van der Waals surface area (Å²) in [6.45, 7) is -1.10. The fourth-order valence-corrected chi connectivity index (χ4v) is 1.44. The first kappa shape index (κ1) is 12.8. The number of benzene rings is 1. The van der Waals surface area contributed by atoms with Crippen molar-refractivity contribution in [2.24, 2.45) is 5.73 Å². The van der Waals surface area contributed by atoms with Crippen molar-refractivity contribution >= 4 is 5.69 Å². The maximum absolute atomic E-state index is 12.8. The highest BCUT2D eigenvalue weighted by molar-refractivity contribution is 5.53. The topological polar surface area (TPSA) is 29.3 Å². The van der Waals surface area contributed by atoms with Gasteiger partial charge in [-0.3, -0.25) is 0 Å². The molecule has 0 saturated heterocycles. The van der Waals surface area contributed by atoms with Crippen LogP contribution in [0.4, 0.5) is 23.2 Å². The van der Waals surface area contributed by atoms with Gasteiger partial charge < -0.3 is 10.6 Å². The number of hydrogen-bond donors (Lipinski definition) is 1. The molecule has 0 aromatic heterocycles. The maximum atomic E-state index is 12.8. The highest BCUT2D eigenvalue weighted by Crippen LogP contribution is 2.24. The van der Waals surface area contributed by atoms with Crippen molar-refractivity contribution in [3.05, 3.63) is 29.6 Å². The summed E-state index contributed by atoms with van der Waals surface area (Å²) in [4.78, 5) is 1.00. The molecule has 2 N–H and O–H groups in total. The summed E-state index contributed by atoms with van der Waals surface area (Å²) in [5.41, 5.74) is 5.99. The lowest BCUT2D eigenvalue weighted by Crippen LogP contribution is -2.31. The summed E-state index contributed by atoms with van der Waals surface area (Å²) < 4.78 is 49.3. The molecule has 90 valence electrons. The second-order valence-corrected chi connectivity index (χ2v) is 3.45. The van der Waals surface area contributed by atoms with Crippen molar-refractivity contribution in [2.45, 2.75) is 12.7 Å². The monoisotopic (exact) mass is 236 g/mol. The van der Waals surface area contributed by atoms with Gasteiger partial charge in [0.05, 0.1) is 0 Å². The van der Waals surface area contributed by atoms with Gasteiger partial charge in [-0.25, -0.2) is 4.39 Å². The van der Waals surface area contributed by atoms with E-state index in [1.165, 1.54) is 13.1 Å². The largest absolute Gasteiger partial charge is 0.405 e. The van der Waals surface area contributed by atoms with Gasteiger partial charge in [0.25, 0.3) is 0 Å². The lowest BCUT2D eigenvalue weighted by molar-refractivity contribution is -0.119. The van der Waals surface area contributed by atoms with Crippen molar-refractivity contribution in [1.82, 2.24) is 0 Å². The summed E-state index contributed by atoms with van der Waals surface area (Å²) in [5.74, 6) is -0.510. The number of halogens is 4. The molecule has 1 aromatic carbocycles. The average molecular weight is 236 g/mol. The zero-order chi connectivity index (χ0) is 12.3. The standard InChI is InChI=1S/C10H12F4N2/c1-16(6-10(12,13)14)9-3-2-8(11)4-7(9)5-15/h2-4H,5-6,15H2,1H3. The molecule has 0 bridgehead atoms. The Morgan fingerprint density at radius 2 is 1.94 bits per heavy atom. The summed E-state index contributed by atoms with van der Waals surface area (Å²) in [6.07, 6.45) is -4.30. The van der Waals surface area contributed by atoms with E-state index in [0.29, 0.717) is 11.3 Å². The van der Waals surface area contributed by atoms with Crippen LogP contribution in [-0.2, 0) is 6.54 Å². The van der Waals surface area contributed by atoms with Gasteiger partial charge in [-0.2, -0.15) is 13.2 Å². The van der Waals surface area contributed by atoms with E-state index in [0.717, 1.165) is 17.0 Å². The molecule has 0 heterocycles. The normalized spacial score (nSPS) is 11.6. The summed E-state index contributed by atoms with van der Waals surface area (Å²) in [6, 6.07) is 3.55. The van der Waals surface area contributed by atoms with Crippen molar-refractivity contribution in [3.63, 3.8) is 0 Å². The fourth-order valence-electron chi connectivity index (χ4n) is 1.44. The van der Waals surface area contributed by atoms with Gasteiger partial charge in [0.2, 0.25) is 0 Å². The third kappa shape index (κ3) is 3.37. The Morgan fingerprint density at radius 1 is 1.31 bits per heavy atom. The highest BCUT2D eigenvalue weighted by atomic mass is 19.4. The first-order valence-electron chi connectivity index (χ1n) is 4.60. The molecule has 0 radical (unpaired) electrons. The molecule has 0 aliphatic heterocycles. The Hall–Kier alpha value is -1.30. The molecular formula is C10H12F4N2. The summed E-state index contributed by atoms with van der Waals surface area (Å²) in [7, 11) is 1.29. The second kappa shape index (κ2) is 4.69. The van der Waals surface area contributed by atoms with Gasteiger partial charge in [-0.1, -0.05) is 0 Å². The predicted octanol–water partition coefficient (Wildman–Crippen LogP) is 2.28. The number of nitrogens with zero attached hydrogens (tertiary/aromatic N) is 1. The van der Waals surface area contributed by atoms with Crippen LogP contribution in [0.3, 0.4) is 0 Å². The lowest BCUT2D eigenvalue weighted by atomic mass is 10.1. The van der Waals surface area contributed by atoms with Crippen LogP contribution in [0.25, 0.3) is 0 Å². The van der Waals surface area contributed by atoms with Gasteiger partial charge in [0, 0.05) is 19.3 Å². The number of rotatable bonds is 3. The van der Waals surface area contributed by atoms with Gasteiger partial charge in [0.15, 0.2) is 0 Å². The molecular weight excluding hydrogens is 224 g/mol. The first-order chi connectivity index (χ1) is 7.33. The number of nitrogens with two attached hydrogens (primary N) is 1. The zero-order valence-electron chi connectivity index (χ0n) is 8.68. The van der Waals surface area contributed by atoms with Crippen LogP contribution < -0.4 is 10.6 Å². The van der Waals surface area contributed by atoms with E-state index in [2.05, 4.69) is 0 Å². The number of alkyl halides is 3. The molecule has 0 aliphatic carbocycles. The minimum absolute atomic E-state index is 0.00467. The first-order valence-corrected chi connectivity index (χ1v) is 4.60. The molecule has 0 aliphatic rings. The predicted molar refractivity (Wildman–Crippen MR) is 53.6 cm³/mol. The van der Waals surface area contributed by atoms with E-state index in [9.17, 15) is 17.6 Å². The molecule has 0 saturated carbocycles. The molecule has 6 heteroatoms. The third-order valence-electron chi connectivity index (χ3n) is 2.09. The van der Waals surface area contributed by atoms with Gasteiger partial charge in [0.1, 0.15) is 12.4 Å². The Kier molecular flexibility index (Phi) is 3.74. The Bertz CT molecular complexity index is 362. The third-order valence-corrected chi connectivity index (χ3v) is 2.09. The van der Waals surface area contributed by atoms with Crippen LogP contribution in [0.5, 0.6) is 0 Å². The smallest absolute Gasteiger partial charge is 0.365 e. The Balaban J connectivity index is 2.94. The molecule has 1 aromatic rings. The van der Waals surface area contributed by atoms with Crippen molar-refractivity contribution in [2.75, 3.05) is 18.5 Å². The quantitative estimate of drug-likeness (QED) is 0.816. The molecule has 1 rings (SSSR count). The minimum atomic E-state index is -4.30. The van der Waals surface area contributed by atoms with Gasteiger partial charge in [-0.05, 0) is 23.8 Å². The van der Waals surface area contributed by atoms with E-state index >= 15 is 0 Å². The number of hydrogen-bond acceptors (Lipinski definition) is 2. The van der Waals surface area contributed by atoms with Crippen LogP contribution in [0, 0.1) is 5.82 Å². The summed E-state index contributed by atoms with van der Waals surface area (Å²) >= 11 is 0. The van der Waals surface area contributed by atoms with Crippen molar-refractivity contribution in [1.29, 1.82) is 0 Å². The molecule has 0 fully saturated rings. The fraction of sp³-hybridized carbons (Fsp3) is 0.400. The number of anilines is 1. The molecule has 0 atom stereocenters. The van der Waals surface area contributed by atoms with E-state index < -0.39 is 18.5 Å². The van der Waals surface area contributed by atoms with Crippen LogP contribution >= 0.6 is 0 Å². The van der Waals surface area contributed by atoms with Crippen LogP contribution in [0.1, 0.15) is 5.56 Å². The van der Waals surface area contributed by atoms with E-state index in [1.54, 1.807) is 0 Å². The highest BCUT2D eigenvalue weighted by Gasteiger charge is 2.29. The lowest BCUT2D eigenvalue weighted by Gasteiger charge is -2.23. The average Bonchev–Trinajstić information content (AvgIpc) is 2.14. The summed E-state index contributed by atoms with van der Waals surface area (Å²) in [5, 5.41) is 0. The molecule has 0 unspecified atom stereocenters. The van der Waals surface area contributed by atoms with Crippen LogP contribution in [0.2, 0.25) is 0 Å². The Morgan fingerprint density at radius 3 is 2.44 bits per heavy atom. The molecule has 0 amide bonds. The Labute approximate surface area is 90.7 Å². The second-order valence-electron chi connectivity index (χ2n) is 3.45. The van der Waals surface area contributed by atoms with Crippen molar-refractivity contribution < 1.29 is 17.6 Å². The molecule has 2 nitrogen and oxygen atoms in total. The van der Waals surface area contributed by atoms with Gasteiger partial charge >= 0.3 is 6.18 Å². The van der Waals surface area contributed by atoms with E-state index in [1.807, 2.05) is 0 Å². The van der Waals surface area contributed by atoms with Crippen LogP contribution in [-0.4, -0.2) is 19.8 Å². The van der Waals surface area contributed by atoms with Crippen molar-refractivity contribution in [3.8, 4) is 0 Å². The zero-order valence-corrected chi connectivity index (χ0v) is 8.68. The maximum Gasteiger partial charge on any atom is 0.405 e. The molecule has 16 heavy (non-hydrogen) atoms. The van der Waals surface area contributed by atoms with Crippen LogP contribution in [0.15, 0.2) is 18.2 Å². The van der Waals surface area contributed by atoms with Gasteiger partial charge in [-0.15, -0.1) is 0 Å². The van der Waals surface area contributed by atoms with E-state index in [4.69, 9.17) is 5.73 Å². The minimum Gasteiger partial charge on any atom is -0.365 e. The SMILES string of the molecule is CN(CC(F)(F)F)c1ccc(F)cc1CN.